The molecular formula is C11H15NO2S. The second-order valence-corrected chi connectivity index (χ2v) is 4.95. The Kier molecular flexibility index (Phi) is 3.36. The molecule has 0 unspecified atom stereocenters. The van der Waals surface area contributed by atoms with Crippen molar-refractivity contribution in [3.8, 4) is 0 Å². The highest BCUT2D eigenvalue weighted by molar-refractivity contribution is 7.10. The van der Waals surface area contributed by atoms with E-state index in [2.05, 4.69) is 4.98 Å². The topological polar surface area (TPSA) is 50.2 Å². The minimum Gasteiger partial charge on any atom is -0.476 e. The Morgan fingerprint density at radius 2 is 2.00 bits per heavy atom. The van der Waals surface area contributed by atoms with Gasteiger partial charge >= 0.3 is 5.97 Å². The first-order valence-electron chi connectivity index (χ1n) is 5.45. The van der Waals surface area contributed by atoms with Gasteiger partial charge in [0.2, 0.25) is 0 Å². The highest BCUT2D eigenvalue weighted by Gasteiger charge is 2.22. The summed E-state index contributed by atoms with van der Waals surface area (Å²) in [6.45, 7) is 0. The molecule has 0 aromatic carbocycles. The van der Waals surface area contributed by atoms with Crippen LogP contribution in [0.15, 0.2) is 5.51 Å². The summed E-state index contributed by atoms with van der Waals surface area (Å²) in [4.78, 5) is 15.9. The molecule has 0 radical (unpaired) electrons. The van der Waals surface area contributed by atoms with Crippen molar-refractivity contribution >= 4 is 17.3 Å². The van der Waals surface area contributed by atoms with E-state index in [1.807, 2.05) is 0 Å². The fraction of sp³-hybridized carbons (Fsp3) is 0.636. The molecule has 1 aromatic rings. The van der Waals surface area contributed by atoms with Gasteiger partial charge in [0.05, 0.1) is 5.51 Å². The molecule has 0 spiro atoms. The van der Waals surface area contributed by atoms with Gasteiger partial charge in [0.25, 0.3) is 0 Å². The van der Waals surface area contributed by atoms with E-state index in [0.717, 1.165) is 17.7 Å². The van der Waals surface area contributed by atoms with Crippen molar-refractivity contribution in [3.63, 3.8) is 0 Å². The van der Waals surface area contributed by atoms with Gasteiger partial charge in [-0.15, -0.1) is 11.3 Å². The summed E-state index contributed by atoms with van der Waals surface area (Å²) in [6.07, 6.45) is 7.28. The zero-order chi connectivity index (χ0) is 10.7. The van der Waals surface area contributed by atoms with Crippen molar-refractivity contribution in [2.24, 2.45) is 0 Å². The van der Waals surface area contributed by atoms with E-state index >= 15 is 0 Å². The maximum absolute atomic E-state index is 11.0. The minimum absolute atomic E-state index is 0.284. The van der Waals surface area contributed by atoms with Crippen LogP contribution >= 0.6 is 11.3 Å². The molecule has 82 valence electrons. The number of carboxylic acid groups (broad SMARTS) is 1. The van der Waals surface area contributed by atoms with E-state index in [-0.39, 0.29) is 5.69 Å². The van der Waals surface area contributed by atoms with E-state index in [1.54, 1.807) is 5.51 Å². The summed E-state index contributed by atoms with van der Waals surface area (Å²) in [5, 5.41) is 9.00. The van der Waals surface area contributed by atoms with Crippen LogP contribution in [-0.2, 0) is 0 Å². The van der Waals surface area contributed by atoms with Crippen molar-refractivity contribution < 1.29 is 9.90 Å². The molecule has 0 aliphatic heterocycles. The van der Waals surface area contributed by atoms with E-state index in [9.17, 15) is 4.79 Å². The van der Waals surface area contributed by atoms with Crippen LogP contribution in [0.25, 0.3) is 0 Å². The SMILES string of the molecule is O=C(O)c1ncsc1C1CCCCCC1. The van der Waals surface area contributed by atoms with Crippen LogP contribution in [-0.4, -0.2) is 16.1 Å². The maximum atomic E-state index is 11.0. The fourth-order valence-electron chi connectivity index (χ4n) is 2.25. The standard InChI is InChI=1S/C11H15NO2S/c13-11(14)9-10(15-7-12-9)8-5-3-1-2-4-6-8/h7-8H,1-6H2,(H,13,14). The van der Waals surface area contributed by atoms with Crippen molar-refractivity contribution in [2.45, 2.75) is 44.4 Å². The Hall–Kier alpha value is -0.900. The lowest BCUT2D eigenvalue weighted by Crippen LogP contribution is -2.05. The number of thiazole rings is 1. The van der Waals surface area contributed by atoms with Crippen LogP contribution in [0.2, 0.25) is 0 Å². The van der Waals surface area contributed by atoms with Crippen molar-refractivity contribution in [1.82, 2.24) is 4.98 Å². The molecule has 1 N–H and O–H groups in total. The Balaban J connectivity index is 2.19. The molecule has 1 saturated carbocycles. The smallest absolute Gasteiger partial charge is 0.355 e. The molecule has 0 bridgehead atoms. The van der Waals surface area contributed by atoms with Gasteiger partial charge in [0.15, 0.2) is 5.69 Å². The molecule has 0 amide bonds. The Labute approximate surface area is 93.2 Å². The van der Waals surface area contributed by atoms with Gasteiger partial charge in [-0.2, -0.15) is 0 Å². The lowest BCUT2D eigenvalue weighted by Gasteiger charge is -2.11. The van der Waals surface area contributed by atoms with Gasteiger partial charge in [-0.3, -0.25) is 0 Å². The maximum Gasteiger partial charge on any atom is 0.355 e. The molecule has 15 heavy (non-hydrogen) atoms. The first-order chi connectivity index (χ1) is 7.29. The molecule has 0 saturated heterocycles. The van der Waals surface area contributed by atoms with Crippen LogP contribution in [0.3, 0.4) is 0 Å². The predicted molar refractivity (Wildman–Crippen MR) is 59.5 cm³/mol. The van der Waals surface area contributed by atoms with Gasteiger partial charge in [0.1, 0.15) is 0 Å². The molecular weight excluding hydrogens is 210 g/mol. The van der Waals surface area contributed by atoms with Crippen molar-refractivity contribution in [2.75, 3.05) is 0 Å². The second-order valence-electron chi connectivity index (χ2n) is 4.06. The van der Waals surface area contributed by atoms with Crippen LogP contribution in [0.4, 0.5) is 0 Å². The third-order valence-corrected chi connectivity index (χ3v) is 4.01. The third kappa shape index (κ3) is 2.37. The second kappa shape index (κ2) is 4.75. The predicted octanol–water partition coefficient (Wildman–Crippen LogP) is 3.28. The lowest BCUT2D eigenvalue weighted by molar-refractivity contribution is 0.0689. The largest absolute Gasteiger partial charge is 0.476 e. The zero-order valence-corrected chi connectivity index (χ0v) is 9.42. The molecule has 1 aromatic heterocycles. The van der Waals surface area contributed by atoms with Crippen LogP contribution in [0.5, 0.6) is 0 Å². The Morgan fingerprint density at radius 3 is 2.60 bits per heavy atom. The molecule has 1 heterocycles. The van der Waals surface area contributed by atoms with E-state index in [0.29, 0.717) is 5.92 Å². The van der Waals surface area contributed by atoms with Crippen molar-refractivity contribution in [1.29, 1.82) is 0 Å². The monoisotopic (exact) mass is 225 g/mol. The summed E-state index contributed by atoms with van der Waals surface area (Å²) in [5.41, 5.74) is 1.94. The molecule has 2 rings (SSSR count). The highest BCUT2D eigenvalue weighted by Crippen LogP contribution is 2.35. The van der Waals surface area contributed by atoms with Gasteiger partial charge in [-0.25, -0.2) is 9.78 Å². The van der Waals surface area contributed by atoms with Crippen LogP contribution < -0.4 is 0 Å². The van der Waals surface area contributed by atoms with Gasteiger partial charge < -0.3 is 5.11 Å². The lowest BCUT2D eigenvalue weighted by atomic mass is 9.97. The summed E-state index contributed by atoms with van der Waals surface area (Å²) >= 11 is 1.50. The summed E-state index contributed by atoms with van der Waals surface area (Å²) in [5.74, 6) is -0.443. The van der Waals surface area contributed by atoms with Gasteiger partial charge in [0, 0.05) is 4.88 Å². The van der Waals surface area contributed by atoms with Crippen LogP contribution in [0, 0.1) is 0 Å². The number of nitrogens with zero attached hydrogens (tertiary/aromatic N) is 1. The first kappa shape index (κ1) is 10.6. The number of carbonyl (C=O) groups is 1. The number of carboxylic acids is 1. The summed E-state index contributed by atoms with van der Waals surface area (Å²) in [6, 6.07) is 0. The zero-order valence-electron chi connectivity index (χ0n) is 8.61. The van der Waals surface area contributed by atoms with E-state index < -0.39 is 5.97 Å². The number of aromatic carboxylic acids is 1. The number of hydrogen-bond acceptors (Lipinski definition) is 3. The van der Waals surface area contributed by atoms with Gasteiger partial charge in [-0.05, 0) is 18.8 Å². The van der Waals surface area contributed by atoms with Gasteiger partial charge in [-0.1, -0.05) is 25.7 Å². The molecule has 4 heteroatoms. The number of hydrogen-bond donors (Lipinski definition) is 1. The minimum atomic E-state index is -0.879. The third-order valence-electron chi connectivity index (χ3n) is 3.02. The fourth-order valence-corrected chi connectivity index (χ4v) is 3.20. The van der Waals surface area contributed by atoms with E-state index in [4.69, 9.17) is 5.11 Å². The van der Waals surface area contributed by atoms with Crippen LogP contribution in [0.1, 0.15) is 59.8 Å². The number of aromatic nitrogens is 1. The molecule has 1 fully saturated rings. The van der Waals surface area contributed by atoms with E-state index in [1.165, 1.54) is 37.0 Å². The van der Waals surface area contributed by atoms with Crippen molar-refractivity contribution in [3.05, 3.63) is 16.1 Å². The Bertz CT molecular complexity index is 340. The summed E-state index contributed by atoms with van der Waals surface area (Å²) < 4.78 is 0. The number of rotatable bonds is 2. The Morgan fingerprint density at radius 1 is 1.33 bits per heavy atom. The quantitative estimate of drug-likeness (QED) is 0.786. The first-order valence-corrected chi connectivity index (χ1v) is 6.33. The average Bonchev–Trinajstić information content (AvgIpc) is 2.55. The molecule has 3 nitrogen and oxygen atoms in total. The average molecular weight is 225 g/mol. The molecule has 1 aliphatic carbocycles. The summed E-state index contributed by atoms with van der Waals surface area (Å²) in [7, 11) is 0. The highest BCUT2D eigenvalue weighted by atomic mass is 32.1. The normalized spacial score (nSPS) is 18.7. The molecule has 1 aliphatic rings. The molecule has 0 atom stereocenters.